The van der Waals surface area contributed by atoms with E-state index < -0.39 is 17.9 Å². The zero-order valence-corrected chi connectivity index (χ0v) is 24.7. The van der Waals surface area contributed by atoms with Crippen LogP contribution in [0.2, 0.25) is 0 Å². The van der Waals surface area contributed by atoms with Crippen molar-refractivity contribution in [3.05, 3.63) is 108 Å². The van der Waals surface area contributed by atoms with Gasteiger partial charge in [-0.1, -0.05) is 60.3 Å². The van der Waals surface area contributed by atoms with Crippen LogP contribution in [0.3, 0.4) is 0 Å². The van der Waals surface area contributed by atoms with Crippen molar-refractivity contribution in [2.24, 2.45) is 5.16 Å². The summed E-state index contributed by atoms with van der Waals surface area (Å²) in [5.74, 6) is -1.04. The topological polar surface area (TPSA) is 90.2 Å². The number of ketones is 1. The highest BCUT2D eigenvalue weighted by atomic mass is 16.7. The molecule has 0 saturated carbocycles. The molecule has 0 aliphatic heterocycles. The number of aromatic nitrogens is 1. The first-order chi connectivity index (χ1) is 20.7. The van der Waals surface area contributed by atoms with E-state index in [2.05, 4.69) is 23.2 Å². The smallest absolute Gasteiger partial charge is 0.329 e. The van der Waals surface area contributed by atoms with Gasteiger partial charge in [0, 0.05) is 65.3 Å². The number of nitrogens with zero attached hydrogens (tertiary/aromatic N) is 3. The van der Waals surface area contributed by atoms with E-state index in [0.717, 1.165) is 49.7 Å². The molecule has 0 fully saturated rings. The molecule has 5 aromatic rings. The lowest BCUT2D eigenvalue weighted by Gasteiger charge is -2.26. The molecule has 1 atom stereocenters. The van der Waals surface area contributed by atoms with Crippen molar-refractivity contribution in [3.63, 3.8) is 0 Å². The van der Waals surface area contributed by atoms with Crippen LogP contribution in [0.15, 0.2) is 96.9 Å². The van der Waals surface area contributed by atoms with Gasteiger partial charge in [0.1, 0.15) is 6.26 Å². The Kier molecular flexibility index (Phi) is 8.39. The Morgan fingerprint density at radius 3 is 2.21 bits per heavy atom. The molecule has 1 amide bonds. The number of oxime groups is 1. The normalized spacial score (nSPS) is 12.3. The molecule has 0 spiro atoms. The van der Waals surface area contributed by atoms with Crippen molar-refractivity contribution in [2.75, 3.05) is 0 Å². The quantitative estimate of drug-likeness (QED) is 0.0805. The predicted octanol–water partition coefficient (Wildman–Crippen LogP) is 7.17. The van der Waals surface area contributed by atoms with Gasteiger partial charge in [-0.25, -0.2) is 0 Å². The molecule has 218 valence electrons. The number of fused-ring (bicyclic) bond motifs is 4. The Morgan fingerprint density at radius 1 is 0.907 bits per heavy atom. The summed E-state index contributed by atoms with van der Waals surface area (Å²) >= 11 is 0. The zero-order valence-electron chi connectivity index (χ0n) is 24.7. The molecule has 5 rings (SSSR count). The predicted molar refractivity (Wildman–Crippen MR) is 169 cm³/mol. The number of benzene rings is 4. The summed E-state index contributed by atoms with van der Waals surface area (Å²) < 4.78 is 2.21. The maximum absolute atomic E-state index is 13.8. The van der Waals surface area contributed by atoms with Gasteiger partial charge in [0.05, 0.1) is 11.8 Å². The summed E-state index contributed by atoms with van der Waals surface area (Å²) in [6.07, 6.45) is 1.45. The van der Waals surface area contributed by atoms with Crippen molar-refractivity contribution in [1.29, 1.82) is 0 Å². The van der Waals surface area contributed by atoms with Gasteiger partial charge in [0.2, 0.25) is 0 Å². The van der Waals surface area contributed by atoms with Gasteiger partial charge < -0.3 is 14.2 Å². The average Bonchev–Trinajstić information content (AvgIpc) is 3.33. The third-order valence-electron chi connectivity index (χ3n) is 7.47. The van der Waals surface area contributed by atoms with E-state index in [1.165, 1.54) is 20.1 Å². The van der Waals surface area contributed by atoms with Crippen LogP contribution in [0.1, 0.15) is 55.6 Å². The van der Waals surface area contributed by atoms with E-state index in [9.17, 15) is 14.4 Å². The van der Waals surface area contributed by atoms with Crippen LogP contribution in [-0.4, -0.2) is 39.0 Å². The van der Waals surface area contributed by atoms with Gasteiger partial charge in [-0.2, -0.15) is 5.06 Å². The maximum atomic E-state index is 13.8. The summed E-state index contributed by atoms with van der Waals surface area (Å²) in [5, 5.41) is 9.12. The van der Waals surface area contributed by atoms with Gasteiger partial charge in [0.15, 0.2) is 5.78 Å². The first-order valence-electron chi connectivity index (χ1n) is 14.1. The second-order valence-electron chi connectivity index (χ2n) is 10.4. The van der Waals surface area contributed by atoms with Crippen molar-refractivity contribution in [1.82, 2.24) is 9.63 Å². The molecule has 8 nitrogen and oxygen atoms in total. The Bertz CT molecular complexity index is 1910. The van der Waals surface area contributed by atoms with Crippen molar-refractivity contribution >= 4 is 55.9 Å². The summed E-state index contributed by atoms with van der Waals surface area (Å²) in [5.41, 5.74) is 4.57. The second kappa shape index (κ2) is 12.3. The van der Waals surface area contributed by atoms with Crippen LogP contribution >= 0.6 is 0 Å². The van der Waals surface area contributed by atoms with E-state index >= 15 is 0 Å². The van der Waals surface area contributed by atoms with Gasteiger partial charge in [-0.15, -0.1) is 0 Å². The Labute approximate surface area is 249 Å². The molecule has 0 radical (unpaired) electrons. The minimum Gasteiger partial charge on any atom is -0.365 e. The summed E-state index contributed by atoms with van der Waals surface area (Å²) in [6.45, 7) is 10.7. The highest BCUT2D eigenvalue weighted by Gasteiger charge is 2.24. The number of carbonyl (C=O) groups excluding carboxylic acids is 3. The highest BCUT2D eigenvalue weighted by Crippen LogP contribution is 2.32. The highest BCUT2D eigenvalue weighted by molar-refractivity contribution is 6.19. The SMILES string of the molecule is C=CON=C(CC(C)N(OC(C)=O)C(C)=O)c1ccc2c(c1)c1cc(C(=O)c3cccc4ccccc34)ccc1n2CC. The second-order valence-corrected chi connectivity index (χ2v) is 10.4. The number of aryl methyl sites for hydroxylation is 1. The van der Waals surface area contributed by atoms with Crippen LogP contribution in [-0.2, 0) is 25.8 Å². The summed E-state index contributed by atoms with van der Waals surface area (Å²) in [7, 11) is 0. The standard InChI is InChI=1S/C35H33N3O5/c1-6-37-33-17-15-26(32(36-42-7-2)19-22(3)38(23(4)39)43-24(5)40)20-30(33)31-21-27(16-18-34(31)37)35(41)29-14-10-12-25-11-8-9-13-28(25)29/h7-18,20-22H,2,6,19H2,1,3-5H3. The van der Waals surface area contributed by atoms with Crippen LogP contribution in [0.25, 0.3) is 32.6 Å². The number of amides is 1. The van der Waals surface area contributed by atoms with E-state index in [1.54, 1.807) is 6.92 Å². The van der Waals surface area contributed by atoms with Crippen LogP contribution in [0.5, 0.6) is 0 Å². The van der Waals surface area contributed by atoms with Gasteiger partial charge in [-0.05, 0) is 55.0 Å². The fourth-order valence-electron chi connectivity index (χ4n) is 5.62. The van der Waals surface area contributed by atoms with Crippen molar-refractivity contribution in [3.8, 4) is 0 Å². The van der Waals surface area contributed by atoms with Crippen molar-refractivity contribution in [2.45, 2.75) is 46.7 Å². The molecular weight excluding hydrogens is 542 g/mol. The fourth-order valence-corrected chi connectivity index (χ4v) is 5.62. The average molecular weight is 576 g/mol. The number of rotatable bonds is 9. The number of hydrogen-bond donors (Lipinski definition) is 0. The third-order valence-corrected chi connectivity index (χ3v) is 7.47. The Hall–Kier alpha value is -5.24. The molecule has 0 N–H and O–H groups in total. The molecule has 0 saturated heterocycles. The molecule has 1 unspecified atom stereocenters. The fraction of sp³-hybridized carbons (Fsp3) is 0.200. The van der Waals surface area contributed by atoms with Gasteiger partial charge >= 0.3 is 5.97 Å². The molecule has 43 heavy (non-hydrogen) atoms. The van der Waals surface area contributed by atoms with Crippen molar-refractivity contribution < 1.29 is 24.1 Å². The lowest BCUT2D eigenvalue weighted by atomic mass is 9.96. The molecule has 4 aromatic carbocycles. The molecule has 0 bridgehead atoms. The minimum atomic E-state index is -0.592. The molecular formula is C35H33N3O5. The van der Waals surface area contributed by atoms with Gasteiger partial charge in [0.25, 0.3) is 5.91 Å². The monoisotopic (exact) mass is 575 g/mol. The van der Waals surface area contributed by atoms with Crippen LogP contribution in [0.4, 0.5) is 0 Å². The van der Waals surface area contributed by atoms with Gasteiger partial charge in [-0.3, -0.25) is 14.4 Å². The van der Waals surface area contributed by atoms with E-state index in [4.69, 9.17) is 9.68 Å². The zero-order chi connectivity index (χ0) is 30.7. The first kappa shape index (κ1) is 29.3. The van der Waals surface area contributed by atoms with E-state index in [-0.39, 0.29) is 12.2 Å². The lowest BCUT2D eigenvalue weighted by molar-refractivity contribution is -0.202. The summed E-state index contributed by atoms with van der Waals surface area (Å²) in [4.78, 5) is 48.0. The Balaban J connectivity index is 1.60. The lowest BCUT2D eigenvalue weighted by Crippen LogP contribution is -2.39. The van der Waals surface area contributed by atoms with E-state index in [1.807, 2.05) is 78.9 Å². The minimum absolute atomic E-state index is 0.0440. The number of hydroxylamine groups is 2. The largest absolute Gasteiger partial charge is 0.365 e. The molecule has 1 aromatic heterocycles. The maximum Gasteiger partial charge on any atom is 0.329 e. The number of hydrogen-bond acceptors (Lipinski definition) is 6. The first-order valence-corrected chi connectivity index (χ1v) is 14.1. The third kappa shape index (κ3) is 5.77. The van der Waals surface area contributed by atoms with E-state index in [0.29, 0.717) is 16.8 Å². The molecule has 0 aliphatic carbocycles. The summed E-state index contributed by atoms with van der Waals surface area (Å²) in [6, 6.07) is 24.9. The van der Waals surface area contributed by atoms with Crippen LogP contribution < -0.4 is 0 Å². The Morgan fingerprint density at radius 2 is 1.56 bits per heavy atom. The van der Waals surface area contributed by atoms with Crippen LogP contribution in [0, 0.1) is 0 Å². The molecule has 8 heteroatoms. The number of carbonyl (C=O) groups is 3. The molecule has 0 aliphatic rings. The molecule has 1 heterocycles.